The molecule has 1 N–H and O–H groups in total. The first-order valence-electron chi connectivity index (χ1n) is 10.2. The minimum atomic E-state index is 0.491. The topological polar surface area (TPSA) is 38.7 Å². The van der Waals surface area contributed by atoms with Crippen molar-refractivity contribution in [2.45, 2.75) is 117 Å². The van der Waals surface area contributed by atoms with Crippen molar-refractivity contribution < 1.29 is 15.2 Å². The highest BCUT2D eigenvalue weighted by atomic mass is 17.5. The molecule has 0 rings (SSSR count). The zero-order valence-electron chi connectivity index (χ0n) is 16.1. The standard InChI is InChI=1S/C20H42O3/c1-4-15-20(16-5-2,17-6-3)18-13-11-9-7-8-10-12-14-19-22-23-21/h21H,4-19H2,1-3H3. The van der Waals surface area contributed by atoms with Gasteiger partial charge in [-0.05, 0) is 37.5 Å². The van der Waals surface area contributed by atoms with E-state index in [-0.39, 0.29) is 0 Å². The fourth-order valence-electron chi connectivity index (χ4n) is 4.10. The van der Waals surface area contributed by atoms with Crippen molar-refractivity contribution in [3.63, 3.8) is 0 Å². The van der Waals surface area contributed by atoms with Crippen LogP contribution in [0, 0.1) is 5.41 Å². The zero-order valence-corrected chi connectivity index (χ0v) is 16.1. The molecular formula is C20H42O3. The van der Waals surface area contributed by atoms with E-state index in [4.69, 9.17) is 5.26 Å². The lowest BCUT2D eigenvalue weighted by atomic mass is 9.72. The minimum Gasteiger partial charge on any atom is -0.221 e. The molecule has 0 aromatic rings. The van der Waals surface area contributed by atoms with Crippen molar-refractivity contribution in [3.05, 3.63) is 0 Å². The number of hydrogen-bond acceptors (Lipinski definition) is 3. The highest BCUT2D eigenvalue weighted by Gasteiger charge is 2.26. The Kier molecular flexibility index (Phi) is 16.6. The quantitative estimate of drug-likeness (QED) is 0.163. The Morgan fingerprint density at radius 2 is 1.04 bits per heavy atom. The first-order chi connectivity index (χ1) is 11.2. The number of rotatable bonds is 18. The fourth-order valence-corrected chi connectivity index (χ4v) is 4.10. The molecule has 23 heavy (non-hydrogen) atoms. The van der Waals surface area contributed by atoms with Gasteiger partial charge in [0.25, 0.3) is 0 Å². The zero-order chi connectivity index (χ0) is 17.2. The van der Waals surface area contributed by atoms with Crippen LogP contribution in [0.3, 0.4) is 0 Å². The highest BCUT2D eigenvalue weighted by molar-refractivity contribution is 4.78. The third-order valence-electron chi connectivity index (χ3n) is 5.08. The third-order valence-corrected chi connectivity index (χ3v) is 5.08. The average molecular weight is 331 g/mol. The van der Waals surface area contributed by atoms with Gasteiger partial charge in [0.2, 0.25) is 0 Å². The molecule has 3 heteroatoms. The van der Waals surface area contributed by atoms with Crippen molar-refractivity contribution in [3.8, 4) is 0 Å². The van der Waals surface area contributed by atoms with Crippen molar-refractivity contribution in [2.24, 2.45) is 5.41 Å². The Hall–Kier alpha value is -0.120. The van der Waals surface area contributed by atoms with Gasteiger partial charge < -0.3 is 0 Å². The Labute approximate surface area is 145 Å². The lowest BCUT2D eigenvalue weighted by Gasteiger charge is -2.34. The molecule has 0 aromatic carbocycles. The number of unbranched alkanes of at least 4 members (excludes halogenated alkanes) is 7. The number of hydrogen-bond donors (Lipinski definition) is 1. The maximum atomic E-state index is 8.03. The van der Waals surface area contributed by atoms with Crippen LogP contribution in [0.5, 0.6) is 0 Å². The first-order valence-corrected chi connectivity index (χ1v) is 10.2. The Balaban J connectivity index is 3.65. The third kappa shape index (κ3) is 12.9. The maximum Gasteiger partial charge on any atom is 0.0853 e. The first kappa shape index (κ1) is 22.9. The van der Waals surface area contributed by atoms with Crippen LogP contribution >= 0.6 is 0 Å². The van der Waals surface area contributed by atoms with E-state index in [0.29, 0.717) is 12.0 Å². The molecule has 0 saturated heterocycles. The summed E-state index contributed by atoms with van der Waals surface area (Å²) in [6.45, 7) is 7.53. The maximum absolute atomic E-state index is 8.03. The van der Waals surface area contributed by atoms with Gasteiger partial charge in [0.15, 0.2) is 0 Å². The molecule has 0 amide bonds. The summed E-state index contributed by atoms with van der Waals surface area (Å²) < 4.78 is 0. The summed E-state index contributed by atoms with van der Waals surface area (Å²) in [4.78, 5) is 4.44. The molecule has 0 heterocycles. The van der Waals surface area contributed by atoms with Crippen molar-refractivity contribution in [2.75, 3.05) is 6.61 Å². The van der Waals surface area contributed by atoms with E-state index >= 15 is 0 Å². The normalized spacial score (nSPS) is 12.0. The molecule has 140 valence electrons. The largest absolute Gasteiger partial charge is 0.221 e. The molecule has 0 aromatic heterocycles. The fraction of sp³-hybridized carbons (Fsp3) is 1.00. The van der Waals surface area contributed by atoms with Gasteiger partial charge in [-0.15, -0.1) is 0 Å². The van der Waals surface area contributed by atoms with Crippen LogP contribution in [0.15, 0.2) is 0 Å². The Morgan fingerprint density at radius 3 is 1.48 bits per heavy atom. The second kappa shape index (κ2) is 16.7. The summed E-state index contributed by atoms with van der Waals surface area (Å²) in [6, 6.07) is 0. The highest BCUT2D eigenvalue weighted by Crippen LogP contribution is 2.40. The molecule has 0 fully saturated rings. The van der Waals surface area contributed by atoms with E-state index in [2.05, 4.69) is 30.7 Å². The summed E-state index contributed by atoms with van der Waals surface area (Å²) in [5.74, 6) is 0. The molecule has 0 radical (unpaired) electrons. The molecule has 0 atom stereocenters. The van der Waals surface area contributed by atoms with E-state index in [9.17, 15) is 0 Å². The second-order valence-electron chi connectivity index (χ2n) is 7.22. The van der Waals surface area contributed by atoms with Crippen LogP contribution < -0.4 is 0 Å². The van der Waals surface area contributed by atoms with Crippen LogP contribution in [0.2, 0.25) is 0 Å². The van der Waals surface area contributed by atoms with E-state index in [0.717, 1.165) is 12.8 Å². The summed E-state index contributed by atoms with van der Waals surface area (Å²) in [7, 11) is 0. The van der Waals surface area contributed by atoms with Gasteiger partial charge in [-0.1, -0.05) is 90.0 Å². The summed E-state index contributed by atoms with van der Waals surface area (Å²) in [5, 5.41) is 11.6. The van der Waals surface area contributed by atoms with Gasteiger partial charge >= 0.3 is 0 Å². The van der Waals surface area contributed by atoms with Gasteiger partial charge in [0.1, 0.15) is 0 Å². The molecular weight excluding hydrogens is 288 g/mol. The molecule has 0 bridgehead atoms. The summed E-state index contributed by atoms with van der Waals surface area (Å²) in [5.41, 5.74) is 0.646. The predicted octanol–water partition coefficient (Wildman–Crippen LogP) is 7.31. The van der Waals surface area contributed by atoms with Crippen molar-refractivity contribution in [1.29, 1.82) is 0 Å². The SMILES string of the molecule is CCCC(CCC)(CCC)CCCCCCCCCCOOO. The molecule has 3 nitrogen and oxygen atoms in total. The molecule has 0 unspecified atom stereocenters. The lowest BCUT2D eigenvalue weighted by molar-refractivity contribution is -0.490. The molecule has 0 saturated carbocycles. The van der Waals surface area contributed by atoms with Gasteiger partial charge in [-0.3, -0.25) is 0 Å². The van der Waals surface area contributed by atoms with Crippen LogP contribution in [0.25, 0.3) is 0 Å². The van der Waals surface area contributed by atoms with E-state index < -0.39 is 0 Å². The van der Waals surface area contributed by atoms with Crippen LogP contribution in [-0.4, -0.2) is 11.9 Å². The second-order valence-corrected chi connectivity index (χ2v) is 7.22. The Morgan fingerprint density at radius 1 is 0.609 bits per heavy atom. The Bertz CT molecular complexity index is 214. The van der Waals surface area contributed by atoms with Gasteiger partial charge in [-0.2, -0.15) is 0 Å². The van der Waals surface area contributed by atoms with Gasteiger partial charge in [0, 0.05) is 0 Å². The lowest BCUT2D eigenvalue weighted by Crippen LogP contribution is -2.20. The minimum absolute atomic E-state index is 0.491. The molecule has 0 spiro atoms. The van der Waals surface area contributed by atoms with E-state index in [1.54, 1.807) is 0 Å². The van der Waals surface area contributed by atoms with Crippen molar-refractivity contribution >= 4 is 0 Å². The molecule has 0 aliphatic rings. The van der Waals surface area contributed by atoms with Crippen LogP contribution in [0.4, 0.5) is 0 Å². The van der Waals surface area contributed by atoms with Crippen LogP contribution in [-0.2, 0) is 9.93 Å². The monoisotopic (exact) mass is 330 g/mol. The smallest absolute Gasteiger partial charge is 0.0853 e. The van der Waals surface area contributed by atoms with E-state index in [1.807, 2.05) is 0 Å². The molecule has 0 aliphatic heterocycles. The van der Waals surface area contributed by atoms with Crippen LogP contribution in [0.1, 0.15) is 117 Å². The average Bonchev–Trinajstić information content (AvgIpc) is 2.53. The predicted molar refractivity (Wildman–Crippen MR) is 98.4 cm³/mol. The van der Waals surface area contributed by atoms with Gasteiger partial charge in [0.05, 0.1) is 6.61 Å². The van der Waals surface area contributed by atoms with Crippen molar-refractivity contribution in [1.82, 2.24) is 0 Å². The summed E-state index contributed by atoms with van der Waals surface area (Å²) >= 11 is 0. The molecule has 0 aliphatic carbocycles. The van der Waals surface area contributed by atoms with Gasteiger partial charge in [-0.25, -0.2) is 10.1 Å². The summed E-state index contributed by atoms with van der Waals surface area (Å²) in [6.07, 6.45) is 20.0. The van der Waals surface area contributed by atoms with E-state index in [1.165, 1.54) is 83.5 Å².